The Hall–Kier alpha value is -1.60. The van der Waals surface area contributed by atoms with Crippen molar-refractivity contribution in [3.8, 4) is 0 Å². The van der Waals surface area contributed by atoms with Crippen molar-refractivity contribution >= 4 is 21.7 Å². The average Bonchev–Trinajstić information content (AvgIpc) is 2.40. The molecule has 0 atom stereocenters. The van der Waals surface area contributed by atoms with Crippen LogP contribution >= 0.6 is 0 Å². The third-order valence-electron chi connectivity index (χ3n) is 3.62. The van der Waals surface area contributed by atoms with Crippen molar-refractivity contribution < 1.29 is 18.3 Å². The maximum absolute atomic E-state index is 12.2. The molecule has 0 aliphatic carbocycles. The number of carboxylic acids is 1. The van der Waals surface area contributed by atoms with Crippen molar-refractivity contribution in [1.82, 2.24) is 4.72 Å². The molecule has 0 aliphatic heterocycles. The van der Waals surface area contributed by atoms with E-state index in [1.165, 1.54) is 12.1 Å². The summed E-state index contributed by atoms with van der Waals surface area (Å²) in [6.45, 7) is 3.29. The Morgan fingerprint density at radius 1 is 1.30 bits per heavy atom. The monoisotopic (exact) mass is 300 g/mol. The molecule has 0 heterocycles. The van der Waals surface area contributed by atoms with E-state index in [1.54, 1.807) is 26.0 Å². The molecule has 0 bridgehead atoms. The van der Waals surface area contributed by atoms with E-state index in [-0.39, 0.29) is 17.1 Å². The molecule has 1 rings (SSSR count). The van der Waals surface area contributed by atoms with Gasteiger partial charge >= 0.3 is 5.97 Å². The second-order valence-corrected chi connectivity index (χ2v) is 6.39. The Balaban J connectivity index is 2.99. The smallest absolute Gasteiger partial charge is 0.310 e. The molecule has 0 saturated carbocycles. The Bertz CT molecular complexity index is 580. The van der Waals surface area contributed by atoms with Crippen LogP contribution in [-0.4, -0.2) is 26.0 Å². The number of hydrogen-bond acceptors (Lipinski definition) is 4. The molecule has 112 valence electrons. The highest BCUT2D eigenvalue weighted by atomic mass is 32.2. The minimum atomic E-state index is -3.82. The fraction of sp³-hybridized carbons (Fsp3) is 0.462. The fourth-order valence-corrected chi connectivity index (χ4v) is 3.17. The van der Waals surface area contributed by atoms with Crippen LogP contribution in [0.5, 0.6) is 0 Å². The van der Waals surface area contributed by atoms with Crippen molar-refractivity contribution in [2.24, 2.45) is 5.41 Å². The third-order valence-corrected chi connectivity index (χ3v) is 5.09. The van der Waals surface area contributed by atoms with Crippen molar-refractivity contribution in [2.75, 3.05) is 12.3 Å². The molecule has 4 N–H and O–H groups in total. The number of benzene rings is 1. The molecular weight excluding hydrogens is 280 g/mol. The first-order valence-electron chi connectivity index (χ1n) is 6.36. The van der Waals surface area contributed by atoms with Gasteiger partial charge in [0.05, 0.1) is 11.1 Å². The molecule has 0 saturated heterocycles. The number of nitrogens with one attached hydrogen (secondary N) is 1. The molecule has 20 heavy (non-hydrogen) atoms. The van der Waals surface area contributed by atoms with Gasteiger partial charge in [0.1, 0.15) is 4.90 Å². The Kier molecular flexibility index (Phi) is 5.13. The molecule has 1 aromatic rings. The van der Waals surface area contributed by atoms with Gasteiger partial charge in [0.2, 0.25) is 10.0 Å². The predicted octanol–water partition coefficient (Wildman–Crippen LogP) is 1.44. The topological polar surface area (TPSA) is 109 Å². The van der Waals surface area contributed by atoms with Gasteiger partial charge in [-0.25, -0.2) is 13.1 Å². The number of anilines is 1. The SMILES string of the molecule is CCC(CC)(CNS(=O)(=O)c1ccccc1N)C(=O)O. The zero-order valence-electron chi connectivity index (χ0n) is 11.6. The van der Waals surface area contributed by atoms with Gasteiger partial charge in [0.15, 0.2) is 0 Å². The second kappa shape index (κ2) is 6.23. The summed E-state index contributed by atoms with van der Waals surface area (Å²) in [6, 6.07) is 6.07. The summed E-state index contributed by atoms with van der Waals surface area (Å²) in [7, 11) is -3.82. The van der Waals surface area contributed by atoms with Gasteiger partial charge in [-0.1, -0.05) is 26.0 Å². The van der Waals surface area contributed by atoms with Gasteiger partial charge in [0, 0.05) is 6.54 Å². The Morgan fingerprint density at radius 3 is 2.30 bits per heavy atom. The number of nitrogen functional groups attached to an aromatic ring is 1. The summed E-state index contributed by atoms with van der Waals surface area (Å²) in [5.74, 6) is -1.01. The van der Waals surface area contributed by atoms with Gasteiger partial charge in [-0.2, -0.15) is 0 Å². The lowest BCUT2D eigenvalue weighted by Gasteiger charge is -2.26. The minimum Gasteiger partial charge on any atom is -0.481 e. The minimum absolute atomic E-state index is 0.0357. The van der Waals surface area contributed by atoms with E-state index in [9.17, 15) is 18.3 Å². The molecule has 0 amide bonds. The first kappa shape index (κ1) is 16.5. The van der Waals surface area contributed by atoms with E-state index >= 15 is 0 Å². The zero-order valence-corrected chi connectivity index (χ0v) is 12.4. The molecular formula is C13H20N2O4S. The number of carbonyl (C=O) groups is 1. The standard InChI is InChI=1S/C13H20N2O4S/c1-3-13(4-2,12(16)17)9-15-20(18,19)11-8-6-5-7-10(11)14/h5-8,15H,3-4,9,14H2,1-2H3,(H,16,17). The highest BCUT2D eigenvalue weighted by molar-refractivity contribution is 7.89. The number of aliphatic carboxylic acids is 1. The fourth-order valence-electron chi connectivity index (χ4n) is 1.91. The molecule has 7 heteroatoms. The van der Waals surface area contributed by atoms with E-state index in [2.05, 4.69) is 4.72 Å². The molecule has 0 radical (unpaired) electrons. The van der Waals surface area contributed by atoms with E-state index < -0.39 is 21.4 Å². The molecule has 1 aromatic carbocycles. The summed E-state index contributed by atoms with van der Waals surface area (Å²) in [5.41, 5.74) is 4.67. The molecule has 0 aromatic heterocycles. The predicted molar refractivity (Wildman–Crippen MR) is 76.7 cm³/mol. The number of hydrogen-bond donors (Lipinski definition) is 3. The van der Waals surface area contributed by atoms with Gasteiger partial charge in [-0.3, -0.25) is 4.79 Å². The lowest BCUT2D eigenvalue weighted by molar-refractivity contribution is -0.149. The maximum atomic E-state index is 12.2. The first-order chi connectivity index (χ1) is 9.29. The van der Waals surface area contributed by atoms with Crippen LogP contribution in [0.2, 0.25) is 0 Å². The van der Waals surface area contributed by atoms with E-state index in [4.69, 9.17) is 5.73 Å². The highest BCUT2D eigenvalue weighted by Gasteiger charge is 2.36. The largest absolute Gasteiger partial charge is 0.481 e. The summed E-state index contributed by atoms with van der Waals surface area (Å²) in [5, 5.41) is 9.29. The van der Waals surface area contributed by atoms with Crippen LogP contribution in [0.3, 0.4) is 0 Å². The van der Waals surface area contributed by atoms with Crippen LogP contribution in [0.1, 0.15) is 26.7 Å². The van der Waals surface area contributed by atoms with Crippen molar-refractivity contribution in [3.63, 3.8) is 0 Å². The van der Waals surface area contributed by atoms with E-state index in [1.807, 2.05) is 0 Å². The van der Waals surface area contributed by atoms with Crippen LogP contribution < -0.4 is 10.5 Å². The number of sulfonamides is 1. The highest BCUT2D eigenvalue weighted by Crippen LogP contribution is 2.27. The number of para-hydroxylation sites is 1. The van der Waals surface area contributed by atoms with Crippen LogP contribution in [0, 0.1) is 5.41 Å². The van der Waals surface area contributed by atoms with Crippen LogP contribution in [0.15, 0.2) is 29.2 Å². The van der Waals surface area contributed by atoms with Gasteiger partial charge in [-0.05, 0) is 25.0 Å². The van der Waals surface area contributed by atoms with Crippen LogP contribution in [0.4, 0.5) is 5.69 Å². The number of nitrogens with two attached hydrogens (primary N) is 1. The van der Waals surface area contributed by atoms with Crippen molar-refractivity contribution in [2.45, 2.75) is 31.6 Å². The summed E-state index contributed by atoms with van der Waals surface area (Å²) in [6.07, 6.45) is 0.678. The molecule has 0 spiro atoms. The molecule has 0 aliphatic rings. The second-order valence-electron chi connectivity index (χ2n) is 4.65. The number of carboxylic acid groups (broad SMARTS) is 1. The lowest BCUT2D eigenvalue weighted by Crippen LogP contribution is -2.42. The quantitative estimate of drug-likeness (QED) is 0.660. The molecule has 0 unspecified atom stereocenters. The lowest BCUT2D eigenvalue weighted by atomic mass is 9.83. The number of rotatable bonds is 7. The van der Waals surface area contributed by atoms with Crippen LogP contribution in [0.25, 0.3) is 0 Å². The van der Waals surface area contributed by atoms with Gasteiger partial charge < -0.3 is 10.8 Å². The molecule has 0 fully saturated rings. The van der Waals surface area contributed by atoms with E-state index in [0.29, 0.717) is 12.8 Å². The molecule has 6 nitrogen and oxygen atoms in total. The van der Waals surface area contributed by atoms with Gasteiger partial charge in [-0.15, -0.1) is 0 Å². The Morgan fingerprint density at radius 2 is 1.85 bits per heavy atom. The Labute approximate surface area is 119 Å². The van der Waals surface area contributed by atoms with Crippen molar-refractivity contribution in [1.29, 1.82) is 0 Å². The van der Waals surface area contributed by atoms with Crippen LogP contribution in [-0.2, 0) is 14.8 Å². The van der Waals surface area contributed by atoms with Crippen molar-refractivity contribution in [3.05, 3.63) is 24.3 Å². The maximum Gasteiger partial charge on any atom is 0.310 e. The zero-order chi connectivity index (χ0) is 15.4. The summed E-state index contributed by atoms with van der Waals surface area (Å²) >= 11 is 0. The van der Waals surface area contributed by atoms with E-state index in [0.717, 1.165) is 0 Å². The average molecular weight is 300 g/mol. The van der Waals surface area contributed by atoms with Gasteiger partial charge in [0.25, 0.3) is 0 Å². The first-order valence-corrected chi connectivity index (χ1v) is 7.85. The normalized spacial score (nSPS) is 12.3. The summed E-state index contributed by atoms with van der Waals surface area (Å²) < 4.78 is 26.7. The third kappa shape index (κ3) is 3.29. The summed E-state index contributed by atoms with van der Waals surface area (Å²) in [4.78, 5) is 11.3.